The van der Waals surface area contributed by atoms with E-state index in [4.69, 9.17) is 4.74 Å². The van der Waals surface area contributed by atoms with Gasteiger partial charge < -0.3 is 10.1 Å². The monoisotopic (exact) mass is 314 g/mol. The van der Waals surface area contributed by atoms with Crippen LogP contribution in [0.4, 0.5) is 0 Å². The molecule has 4 heteroatoms. The highest BCUT2D eigenvalue weighted by Crippen LogP contribution is 2.35. The maximum atomic E-state index is 11.8. The van der Waals surface area contributed by atoms with Crippen LogP contribution in [0.15, 0.2) is 30.3 Å². The summed E-state index contributed by atoms with van der Waals surface area (Å²) in [6.07, 6.45) is 3.54. The van der Waals surface area contributed by atoms with E-state index in [1.807, 2.05) is 0 Å². The Bertz CT molecular complexity index is 544. The quantitative estimate of drug-likeness (QED) is 0.904. The number of benzene rings is 1. The van der Waals surface area contributed by atoms with E-state index in [2.05, 4.69) is 40.5 Å². The van der Waals surface area contributed by atoms with Crippen LogP contribution < -0.4 is 5.32 Å². The second-order valence-electron chi connectivity index (χ2n) is 7.32. The minimum Gasteiger partial charge on any atom is -0.376 e. The molecule has 4 nitrogen and oxygen atoms in total. The van der Waals surface area contributed by atoms with E-state index in [0.717, 1.165) is 39.1 Å². The average Bonchev–Trinajstić information content (AvgIpc) is 3.35. The number of carbonyl (C=O) groups is 1. The van der Waals surface area contributed by atoms with Crippen LogP contribution >= 0.6 is 0 Å². The lowest BCUT2D eigenvalue weighted by Gasteiger charge is -2.35. The lowest BCUT2D eigenvalue weighted by Crippen LogP contribution is -2.43. The summed E-state index contributed by atoms with van der Waals surface area (Å²) in [4.78, 5) is 14.3. The Labute approximate surface area is 138 Å². The molecule has 3 fully saturated rings. The molecule has 2 saturated heterocycles. The fourth-order valence-corrected chi connectivity index (χ4v) is 4.05. The Morgan fingerprint density at radius 3 is 2.83 bits per heavy atom. The van der Waals surface area contributed by atoms with Gasteiger partial charge in [0.1, 0.15) is 0 Å². The van der Waals surface area contributed by atoms with Crippen molar-refractivity contribution < 1.29 is 9.53 Å². The van der Waals surface area contributed by atoms with Crippen LogP contribution in [-0.2, 0) is 16.1 Å². The van der Waals surface area contributed by atoms with Gasteiger partial charge in [-0.25, -0.2) is 0 Å². The molecule has 0 aromatic heterocycles. The van der Waals surface area contributed by atoms with Crippen LogP contribution in [0, 0.1) is 17.8 Å². The molecule has 1 amide bonds. The minimum atomic E-state index is 0.224. The smallest absolute Gasteiger partial charge is 0.223 e. The molecule has 1 aromatic rings. The number of nitrogens with one attached hydrogen (secondary N) is 1. The van der Waals surface area contributed by atoms with Crippen molar-refractivity contribution in [3.05, 3.63) is 35.9 Å². The van der Waals surface area contributed by atoms with E-state index in [1.54, 1.807) is 0 Å². The molecule has 1 aliphatic carbocycles. The topological polar surface area (TPSA) is 41.6 Å². The SMILES string of the molecule is O=C(NC[C@@H]1OC[C@H]2CN(Cc3ccccc3)CC[C@H]21)C1CC1. The first kappa shape index (κ1) is 15.2. The number of ether oxygens (including phenoxy) is 1. The fourth-order valence-electron chi connectivity index (χ4n) is 4.05. The summed E-state index contributed by atoms with van der Waals surface area (Å²) in [5, 5.41) is 3.09. The molecule has 0 unspecified atom stereocenters. The van der Waals surface area contributed by atoms with Crippen LogP contribution in [0.25, 0.3) is 0 Å². The zero-order valence-electron chi connectivity index (χ0n) is 13.6. The fraction of sp³-hybridized carbons (Fsp3) is 0.632. The zero-order chi connectivity index (χ0) is 15.6. The van der Waals surface area contributed by atoms with Crippen LogP contribution in [0.1, 0.15) is 24.8 Å². The largest absolute Gasteiger partial charge is 0.376 e. The maximum Gasteiger partial charge on any atom is 0.223 e. The second kappa shape index (κ2) is 6.62. The lowest BCUT2D eigenvalue weighted by atomic mass is 9.84. The van der Waals surface area contributed by atoms with Crippen molar-refractivity contribution in [2.24, 2.45) is 17.8 Å². The van der Waals surface area contributed by atoms with Crippen LogP contribution in [0.2, 0.25) is 0 Å². The van der Waals surface area contributed by atoms with Crippen molar-refractivity contribution >= 4 is 5.91 Å². The summed E-state index contributed by atoms with van der Waals surface area (Å²) in [6.45, 7) is 4.83. The third kappa shape index (κ3) is 3.59. The first-order chi connectivity index (χ1) is 11.3. The molecule has 0 radical (unpaired) electrons. The Morgan fingerprint density at radius 1 is 1.22 bits per heavy atom. The van der Waals surface area contributed by atoms with Gasteiger partial charge in [-0.05, 0) is 37.3 Å². The van der Waals surface area contributed by atoms with E-state index < -0.39 is 0 Å². The second-order valence-corrected chi connectivity index (χ2v) is 7.32. The maximum absolute atomic E-state index is 11.8. The van der Waals surface area contributed by atoms with Crippen molar-refractivity contribution in [1.29, 1.82) is 0 Å². The summed E-state index contributed by atoms with van der Waals surface area (Å²) in [7, 11) is 0. The highest BCUT2D eigenvalue weighted by Gasteiger charge is 2.41. The van der Waals surface area contributed by atoms with Crippen molar-refractivity contribution in [1.82, 2.24) is 10.2 Å². The third-order valence-corrected chi connectivity index (χ3v) is 5.55. The van der Waals surface area contributed by atoms with E-state index >= 15 is 0 Å². The van der Waals surface area contributed by atoms with Crippen LogP contribution in [-0.4, -0.2) is 43.2 Å². The molecule has 124 valence electrons. The van der Waals surface area contributed by atoms with Gasteiger partial charge in [0.25, 0.3) is 0 Å². The van der Waals surface area contributed by atoms with Crippen molar-refractivity contribution in [2.45, 2.75) is 31.9 Å². The van der Waals surface area contributed by atoms with E-state index in [9.17, 15) is 4.79 Å². The highest BCUT2D eigenvalue weighted by atomic mass is 16.5. The molecule has 1 N–H and O–H groups in total. The number of carbonyl (C=O) groups excluding carboxylic acids is 1. The normalized spacial score (nSPS) is 30.9. The van der Waals surface area contributed by atoms with Gasteiger partial charge in [-0.2, -0.15) is 0 Å². The number of hydrogen-bond acceptors (Lipinski definition) is 3. The van der Waals surface area contributed by atoms with Crippen molar-refractivity contribution in [2.75, 3.05) is 26.2 Å². The number of amides is 1. The Hall–Kier alpha value is -1.39. The predicted molar refractivity (Wildman–Crippen MR) is 88.8 cm³/mol. The van der Waals surface area contributed by atoms with Gasteiger partial charge in [0.05, 0.1) is 12.7 Å². The van der Waals surface area contributed by atoms with E-state index in [1.165, 1.54) is 12.0 Å². The number of likely N-dealkylation sites (tertiary alicyclic amines) is 1. The Balaban J connectivity index is 1.27. The summed E-state index contributed by atoms with van der Waals surface area (Å²) in [5.74, 6) is 1.76. The number of piperidine rings is 1. The van der Waals surface area contributed by atoms with Gasteiger partial charge >= 0.3 is 0 Å². The summed E-state index contributed by atoms with van der Waals surface area (Å²) in [5.41, 5.74) is 1.39. The predicted octanol–water partition coefficient (Wildman–Crippen LogP) is 2.05. The third-order valence-electron chi connectivity index (χ3n) is 5.55. The van der Waals surface area contributed by atoms with Gasteiger partial charge in [0.15, 0.2) is 0 Å². The van der Waals surface area contributed by atoms with Crippen molar-refractivity contribution in [3.63, 3.8) is 0 Å². The molecule has 4 rings (SSSR count). The standard InChI is InChI=1S/C19H26N2O2/c22-19(15-6-7-15)20-10-18-17-8-9-21(12-16(17)13-23-18)11-14-4-2-1-3-5-14/h1-5,15-18H,6-13H2,(H,20,22)/t16-,17-,18+/m1/s1. The highest BCUT2D eigenvalue weighted by molar-refractivity contribution is 5.80. The Kier molecular flexibility index (Phi) is 4.36. The summed E-state index contributed by atoms with van der Waals surface area (Å²) < 4.78 is 6.01. The molecule has 0 spiro atoms. The molecule has 1 aromatic carbocycles. The van der Waals surface area contributed by atoms with Gasteiger partial charge in [0, 0.05) is 31.5 Å². The van der Waals surface area contributed by atoms with Crippen LogP contribution in [0.3, 0.4) is 0 Å². The molecule has 0 bridgehead atoms. The summed E-state index contributed by atoms with van der Waals surface area (Å²) in [6, 6.07) is 10.7. The first-order valence-corrected chi connectivity index (χ1v) is 8.95. The zero-order valence-corrected chi connectivity index (χ0v) is 13.6. The molecule has 2 aliphatic heterocycles. The lowest BCUT2D eigenvalue weighted by molar-refractivity contribution is -0.122. The van der Waals surface area contributed by atoms with Gasteiger partial charge in [-0.1, -0.05) is 30.3 Å². The number of rotatable bonds is 5. The number of fused-ring (bicyclic) bond motifs is 1. The van der Waals surface area contributed by atoms with Gasteiger partial charge in [-0.3, -0.25) is 9.69 Å². The molecule has 2 heterocycles. The average molecular weight is 314 g/mol. The van der Waals surface area contributed by atoms with E-state index in [0.29, 0.717) is 24.3 Å². The van der Waals surface area contributed by atoms with Gasteiger partial charge in [0.2, 0.25) is 5.91 Å². The number of nitrogens with zero attached hydrogens (tertiary/aromatic N) is 1. The summed E-state index contributed by atoms with van der Waals surface area (Å²) >= 11 is 0. The molecular formula is C19H26N2O2. The van der Waals surface area contributed by atoms with Crippen molar-refractivity contribution in [3.8, 4) is 0 Å². The number of hydrogen-bond donors (Lipinski definition) is 1. The van der Waals surface area contributed by atoms with Gasteiger partial charge in [-0.15, -0.1) is 0 Å². The molecule has 3 atom stereocenters. The first-order valence-electron chi connectivity index (χ1n) is 8.95. The Morgan fingerprint density at radius 2 is 2.04 bits per heavy atom. The molecular weight excluding hydrogens is 288 g/mol. The molecule has 23 heavy (non-hydrogen) atoms. The van der Waals surface area contributed by atoms with E-state index in [-0.39, 0.29) is 12.0 Å². The molecule has 1 saturated carbocycles. The van der Waals surface area contributed by atoms with Crippen LogP contribution in [0.5, 0.6) is 0 Å². The minimum absolute atomic E-state index is 0.224. The molecule has 3 aliphatic rings.